The normalized spacial score (nSPS) is 11.3. The Hall–Kier alpha value is -2.77. The fourth-order valence-corrected chi connectivity index (χ4v) is 4.09. The van der Waals surface area contributed by atoms with Crippen LogP contribution in [0.4, 0.5) is 0 Å². The minimum atomic E-state index is -3.88. The number of benzene rings is 2. The first-order valence-electron chi connectivity index (χ1n) is 8.76. The summed E-state index contributed by atoms with van der Waals surface area (Å²) < 4.78 is 30.8. The highest BCUT2D eigenvalue weighted by Gasteiger charge is 2.24. The summed E-state index contributed by atoms with van der Waals surface area (Å²) in [5.41, 5.74) is 3.16. The standard InChI is InChI=1S/C21H19ClN2O4S/c1-13-8-9-17(10-15(13)3)28-20(25)19-18(22)11-23-21(24-19)29(26,27)12-16-7-5-4-6-14(16)2/h4-11H,12H2,1-3H3. The van der Waals surface area contributed by atoms with E-state index in [1.807, 2.05) is 39.0 Å². The van der Waals surface area contributed by atoms with E-state index in [1.54, 1.807) is 24.3 Å². The van der Waals surface area contributed by atoms with Crippen molar-refractivity contribution in [3.8, 4) is 5.75 Å². The first kappa shape index (κ1) is 21.0. The Morgan fingerprint density at radius 1 is 1.03 bits per heavy atom. The van der Waals surface area contributed by atoms with Gasteiger partial charge in [0, 0.05) is 0 Å². The van der Waals surface area contributed by atoms with Crippen molar-refractivity contribution in [3.63, 3.8) is 0 Å². The summed E-state index contributed by atoms with van der Waals surface area (Å²) in [7, 11) is -3.88. The highest BCUT2D eigenvalue weighted by Crippen LogP contribution is 2.22. The van der Waals surface area contributed by atoms with Gasteiger partial charge in [0.1, 0.15) is 5.75 Å². The molecule has 0 unspecified atom stereocenters. The van der Waals surface area contributed by atoms with Gasteiger partial charge in [-0.3, -0.25) is 0 Å². The quantitative estimate of drug-likeness (QED) is 0.341. The Morgan fingerprint density at radius 2 is 1.76 bits per heavy atom. The molecule has 0 aliphatic heterocycles. The van der Waals surface area contributed by atoms with Crippen LogP contribution in [0.15, 0.2) is 53.8 Å². The number of ether oxygens (including phenoxy) is 1. The number of rotatable bonds is 5. The first-order valence-corrected chi connectivity index (χ1v) is 10.8. The van der Waals surface area contributed by atoms with E-state index in [0.717, 1.165) is 22.9 Å². The lowest BCUT2D eigenvalue weighted by molar-refractivity contribution is 0.0727. The molecule has 0 atom stereocenters. The molecule has 1 heterocycles. The predicted molar refractivity (Wildman–Crippen MR) is 110 cm³/mol. The van der Waals surface area contributed by atoms with Crippen LogP contribution in [0.2, 0.25) is 5.02 Å². The lowest BCUT2D eigenvalue weighted by Gasteiger charge is -2.09. The van der Waals surface area contributed by atoms with Crippen molar-refractivity contribution in [1.82, 2.24) is 9.97 Å². The van der Waals surface area contributed by atoms with Crippen LogP contribution < -0.4 is 4.74 Å². The SMILES string of the molecule is Cc1ccc(OC(=O)c2nc(S(=O)(=O)Cc3ccccc3C)ncc2Cl)cc1C. The van der Waals surface area contributed by atoms with Gasteiger partial charge in [0.05, 0.1) is 17.0 Å². The van der Waals surface area contributed by atoms with Gasteiger partial charge in [-0.15, -0.1) is 0 Å². The number of carbonyl (C=O) groups is 1. The molecule has 0 saturated carbocycles. The van der Waals surface area contributed by atoms with E-state index in [9.17, 15) is 13.2 Å². The number of aromatic nitrogens is 2. The van der Waals surface area contributed by atoms with Crippen LogP contribution >= 0.6 is 11.6 Å². The van der Waals surface area contributed by atoms with Crippen molar-refractivity contribution in [2.24, 2.45) is 0 Å². The zero-order valence-electron chi connectivity index (χ0n) is 16.1. The van der Waals surface area contributed by atoms with E-state index in [0.29, 0.717) is 11.3 Å². The largest absolute Gasteiger partial charge is 0.422 e. The molecule has 0 fully saturated rings. The van der Waals surface area contributed by atoms with Crippen LogP contribution in [0, 0.1) is 20.8 Å². The number of hydrogen-bond acceptors (Lipinski definition) is 6. The maximum Gasteiger partial charge on any atom is 0.364 e. The van der Waals surface area contributed by atoms with Crippen LogP contribution in [-0.4, -0.2) is 24.4 Å². The summed E-state index contributed by atoms with van der Waals surface area (Å²) in [6.07, 6.45) is 1.09. The van der Waals surface area contributed by atoms with Gasteiger partial charge >= 0.3 is 5.97 Å². The molecule has 150 valence electrons. The Labute approximate surface area is 174 Å². The van der Waals surface area contributed by atoms with Gasteiger partial charge in [-0.25, -0.2) is 23.2 Å². The second-order valence-electron chi connectivity index (χ2n) is 6.67. The number of hydrogen-bond donors (Lipinski definition) is 0. The fraction of sp³-hybridized carbons (Fsp3) is 0.190. The maximum atomic E-state index is 12.8. The molecular formula is C21H19ClN2O4S. The van der Waals surface area contributed by atoms with E-state index in [-0.39, 0.29) is 16.5 Å². The summed E-state index contributed by atoms with van der Waals surface area (Å²) in [6.45, 7) is 5.65. The molecule has 0 aliphatic rings. The molecule has 3 aromatic rings. The van der Waals surface area contributed by atoms with Crippen LogP contribution in [-0.2, 0) is 15.6 Å². The van der Waals surface area contributed by atoms with Crippen molar-refractivity contribution in [1.29, 1.82) is 0 Å². The Kier molecular flexibility index (Phi) is 6.00. The summed E-state index contributed by atoms with van der Waals surface area (Å²) in [6, 6.07) is 12.3. The van der Waals surface area contributed by atoms with Crippen molar-refractivity contribution in [2.45, 2.75) is 31.7 Å². The van der Waals surface area contributed by atoms with E-state index in [2.05, 4.69) is 9.97 Å². The molecule has 29 heavy (non-hydrogen) atoms. The zero-order valence-corrected chi connectivity index (χ0v) is 17.7. The Bertz CT molecular complexity index is 1190. The third kappa shape index (κ3) is 4.81. The average Bonchev–Trinajstić information content (AvgIpc) is 2.66. The van der Waals surface area contributed by atoms with Gasteiger partial charge in [0.25, 0.3) is 0 Å². The first-order chi connectivity index (χ1) is 13.7. The number of esters is 1. The number of halogens is 1. The molecule has 0 saturated heterocycles. The molecule has 3 rings (SSSR count). The highest BCUT2D eigenvalue weighted by atomic mass is 35.5. The number of aryl methyl sites for hydroxylation is 3. The second kappa shape index (κ2) is 8.31. The predicted octanol–water partition coefficient (Wildman–Crippen LogP) is 4.25. The lowest BCUT2D eigenvalue weighted by atomic mass is 10.1. The van der Waals surface area contributed by atoms with Crippen LogP contribution in [0.5, 0.6) is 5.75 Å². The highest BCUT2D eigenvalue weighted by molar-refractivity contribution is 7.90. The number of nitrogens with zero attached hydrogens (tertiary/aromatic N) is 2. The third-order valence-corrected chi connectivity index (χ3v) is 6.21. The molecule has 6 nitrogen and oxygen atoms in total. The molecule has 8 heteroatoms. The van der Waals surface area contributed by atoms with Crippen molar-refractivity contribution in [2.75, 3.05) is 0 Å². The molecule has 2 aromatic carbocycles. The molecular weight excluding hydrogens is 412 g/mol. The lowest BCUT2D eigenvalue weighted by Crippen LogP contribution is -2.16. The third-order valence-electron chi connectivity index (χ3n) is 4.49. The molecule has 0 radical (unpaired) electrons. The summed E-state index contributed by atoms with van der Waals surface area (Å²) in [4.78, 5) is 20.2. The molecule has 0 bridgehead atoms. The monoisotopic (exact) mass is 430 g/mol. The minimum Gasteiger partial charge on any atom is -0.422 e. The van der Waals surface area contributed by atoms with Crippen molar-refractivity contribution < 1.29 is 17.9 Å². The molecule has 0 amide bonds. The summed E-state index contributed by atoms with van der Waals surface area (Å²) >= 11 is 6.03. The van der Waals surface area contributed by atoms with Gasteiger partial charge in [-0.05, 0) is 55.2 Å². The van der Waals surface area contributed by atoms with E-state index in [1.165, 1.54) is 0 Å². The van der Waals surface area contributed by atoms with Crippen molar-refractivity contribution >= 4 is 27.4 Å². The van der Waals surface area contributed by atoms with Gasteiger partial charge in [0.15, 0.2) is 5.69 Å². The molecule has 0 spiro atoms. The summed E-state index contributed by atoms with van der Waals surface area (Å²) in [5.74, 6) is -0.822. The van der Waals surface area contributed by atoms with E-state index >= 15 is 0 Å². The fourth-order valence-electron chi connectivity index (χ4n) is 2.62. The van der Waals surface area contributed by atoms with Gasteiger partial charge in [-0.1, -0.05) is 41.9 Å². The second-order valence-corrected chi connectivity index (χ2v) is 8.96. The average molecular weight is 431 g/mol. The maximum absolute atomic E-state index is 12.8. The minimum absolute atomic E-state index is 0.0892. The zero-order chi connectivity index (χ0) is 21.2. The number of carbonyl (C=O) groups excluding carboxylic acids is 1. The van der Waals surface area contributed by atoms with E-state index in [4.69, 9.17) is 16.3 Å². The summed E-state index contributed by atoms with van der Waals surface area (Å²) in [5, 5.41) is -0.564. The molecule has 0 N–H and O–H groups in total. The Morgan fingerprint density at radius 3 is 2.45 bits per heavy atom. The van der Waals surface area contributed by atoms with Crippen molar-refractivity contribution in [3.05, 3.63) is 81.6 Å². The molecule has 0 aliphatic carbocycles. The molecule has 1 aromatic heterocycles. The van der Waals surface area contributed by atoms with E-state index < -0.39 is 21.0 Å². The van der Waals surface area contributed by atoms with Gasteiger partial charge in [0.2, 0.25) is 15.0 Å². The van der Waals surface area contributed by atoms with Crippen LogP contribution in [0.3, 0.4) is 0 Å². The Balaban J connectivity index is 1.89. The number of sulfone groups is 1. The van der Waals surface area contributed by atoms with Gasteiger partial charge in [-0.2, -0.15) is 0 Å². The topological polar surface area (TPSA) is 86.2 Å². The smallest absolute Gasteiger partial charge is 0.364 e. The van der Waals surface area contributed by atoms with Crippen LogP contribution in [0.1, 0.15) is 32.7 Å². The van der Waals surface area contributed by atoms with Gasteiger partial charge < -0.3 is 4.74 Å². The van der Waals surface area contributed by atoms with Crippen LogP contribution in [0.25, 0.3) is 0 Å².